The molecule has 2 heterocycles. The van der Waals surface area contributed by atoms with Gasteiger partial charge < -0.3 is 9.32 Å². The Balaban J connectivity index is 1.56. The van der Waals surface area contributed by atoms with Crippen molar-refractivity contribution in [1.29, 1.82) is 0 Å². The molecule has 2 aromatic rings. The topological polar surface area (TPSA) is 88.9 Å². The number of anilines is 1. The fraction of sp³-hybridized carbons (Fsp3) is 0.312. The molecule has 7 nitrogen and oxygen atoms in total. The standard InChI is InChI=1S/C16H18N2O5S/c1-18-15-7-6-14(10-12(15)11-16(18)19)24(20,21)17-23-9-3-5-13-4-2-8-22-13/h2,4,6-8,10,17H,3,5,9,11H2,1H3. The molecule has 1 N–H and O–H groups in total. The highest BCUT2D eigenvalue weighted by atomic mass is 32.2. The molecule has 1 aliphatic heterocycles. The third-order valence-corrected chi connectivity index (χ3v) is 5.07. The smallest absolute Gasteiger partial charge is 0.262 e. The van der Waals surface area contributed by atoms with E-state index in [2.05, 4.69) is 4.89 Å². The molecule has 1 aromatic heterocycles. The fourth-order valence-electron chi connectivity index (χ4n) is 2.55. The number of hydrogen-bond donors (Lipinski definition) is 1. The van der Waals surface area contributed by atoms with Gasteiger partial charge in [-0.15, -0.1) is 0 Å². The van der Waals surface area contributed by atoms with Crippen molar-refractivity contribution in [2.45, 2.75) is 24.2 Å². The number of aryl methyl sites for hydroxylation is 1. The van der Waals surface area contributed by atoms with Crippen molar-refractivity contribution >= 4 is 21.6 Å². The molecule has 0 unspecified atom stereocenters. The monoisotopic (exact) mass is 350 g/mol. The summed E-state index contributed by atoms with van der Waals surface area (Å²) in [6, 6.07) is 8.25. The lowest BCUT2D eigenvalue weighted by Crippen LogP contribution is -2.25. The lowest BCUT2D eigenvalue weighted by atomic mass is 10.2. The number of amides is 1. The summed E-state index contributed by atoms with van der Waals surface area (Å²) in [6.07, 6.45) is 3.09. The highest BCUT2D eigenvalue weighted by Gasteiger charge is 2.26. The third-order valence-electron chi connectivity index (χ3n) is 3.86. The van der Waals surface area contributed by atoms with Gasteiger partial charge >= 0.3 is 0 Å². The highest BCUT2D eigenvalue weighted by Crippen LogP contribution is 2.29. The Morgan fingerprint density at radius 1 is 1.33 bits per heavy atom. The quantitative estimate of drug-likeness (QED) is 0.606. The molecule has 0 radical (unpaired) electrons. The number of nitrogens with one attached hydrogen (secondary N) is 1. The van der Waals surface area contributed by atoms with Crippen LogP contribution in [0.2, 0.25) is 0 Å². The van der Waals surface area contributed by atoms with E-state index in [1.54, 1.807) is 25.4 Å². The number of carbonyl (C=O) groups excluding carboxylic acids is 1. The number of furan rings is 1. The SMILES string of the molecule is CN1C(=O)Cc2cc(S(=O)(=O)NOCCCc3ccco3)ccc21. The number of fused-ring (bicyclic) bond motifs is 1. The minimum absolute atomic E-state index is 0.0540. The van der Waals surface area contributed by atoms with Gasteiger partial charge in [-0.1, -0.05) is 4.89 Å². The lowest BCUT2D eigenvalue weighted by Gasteiger charge is -2.11. The van der Waals surface area contributed by atoms with Crippen molar-refractivity contribution in [3.63, 3.8) is 0 Å². The molecule has 24 heavy (non-hydrogen) atoms. The number of carbonyl (C=O) groups is 1. The number of sulfonamides is 1. The van der Waals surface area contributed by atoms with Crippen LogP contribution in [0.1, 0.15) is 17.7 Å². The molecule has 0 saturated heterocycles. The summed E-state index contributed by atoms with van der Waals surface area (Å²) in [6.45, 7) is 0.228. The Morgan fingerprint density at radius 3 is 2.92 bits per heavy atom. The zero-order valence-corrected chi connectivity index (χ0v) is 14.0. The number of nitrogens with zero attached hydrogens (tertiary/aromatic N) is 1. The number of rotatable bonds is 7. The molecule has 0 saturated carbocycles. The molecule has 0 bridgehead atoms. The van der Waals surface area contributed by atoms with E-state index in [1.165, 1.54) is 17.0 Å². The van der Waals surface area contributed by atoms with E-state index in [1.807, 2.05) is 6.07 Å². The van der Waals surface area contributed by atoms with Crippen molar-refractivity contribution in [3.05, 3.63) is 47.9 Å². The molecule has 0 aliphatic carbocycles. The van der Waals surface area contributed by atoms with Crippen molar-refractivity contribution < 1.29 is 22.5 Å². The summed E-state index contributed by atoms with van der Waals surface area (Å²) in [4.78, 5) is 20.4. The van der Waals surface area contributed by atoms with E-state index < -0.39 is 10.0 Å². The summed E-state index contributed by atoms with van der Waals surface area (Å²) in [7, 11) is -2.11. The van der Waals surface area contributed by atoms with E-state index in [-0.39, 0.29) is 23.8 Å². The number of benzene rings is 1. The van der Waals surface area contributed by atoms with Gasteiger partial charge in [0.05, 0.1) is 24.2 Å². The van der Waals surface area contributed by atoms with Crippen LogP contribution in [0.25, 0.3) is 0 Å². The van der Waals surface area contributed by atoms with Gasteiger partial charge in [-0.05, 0) is 42.3 Å². The van der Waals surface area contributed by atoms with E-state index in [0.29, 0.717) is 18.4 Å². The van der Waals surface area contributed by atoms with Gasteiger partial charge in [0.15, 0.2) is 0 Å². The zero-order chi connectivity index (χ0) is 17.2. The molecule has 1 aliphatic rings. The van der Waals surface area contributed by atoms with E-state index in [9.17, 15) is 13.2 Å². The lowest BCUT2D eigenvalue weighted by molar-refractivity contribution is -0.117. The molecule has 128 valence electrons. The maximum absolute atomic E-state index is 12.2. The van der Waals surface area contributed by atoms with Crippen LogP contribution in [0.5, 0.6) is 0 Å². The van der Waals surface area contributed by atoms with Crippen LogP contribution in [-0.2, 0) is 32.5 Å². The predicted molar refractivity (Wildman–Crippen MR) is 86.9 cm³/mol. The minimum Gasteiger partial charge on any atom is -0.469 e. The van der Waals surface area contributed by atoms with Gasteiger partial charge in [-0.3, -0.25) is 9.63 Å². The van der Waals surface area contributed by atoms with Gasteiger partial charge in [0.1, 0.15) is 5.76 Å². The molecule has 3 rings (SSSR count). The molecule has 1 aromatic carbocycles. The number of hydrogen-bond acceptors (Lipinski definition) is 5. The largest absolute Gasteiger partial charge is 0.469 e. The summed E-state index contributed by atoms with van der Waals surface area (Å²) in [5, 5.41) is 0. The summed E-state index contributed by atoms with van der Waals surface area (Å²) in [5.74, 6) is 0.774. The van der Waals surface area contributed by atoms with Gasteiger partial charge in [0.25, 0.3) is 10.0 Å². The van der Waals surface area contributed by atoms with Crippen LogP contribution in [0.3, 0.4) is 0 Å². The Hall–Kier alpha value is -2.16. The van der Waals surface area contributed by atoms with E-state index in [0.717, 1.165) is 11.4 Å². The first-order chi connectivity index (χ1) is 11.5. The maximum Gasteiger partial charge on any atom is 0.262 e. The second kappa shape index (κ2) is 6.76. The normalized spacial score (nSPS) is 14.2. The molecule has 8 heteroatoms. The maximum atomic E-state index is 12.2. The molecular formula is C16H18N2O5S. The first-order valence-corrected chi connectivity index (χ1v) is 9.01. The van der Waals surface area contributed by atoms with Crippen molar-refractivity contribution in [2.75, 3.05) is 18.6 Å². The Morgan fingerprint density at radius 2 is 2.17 bits per heavy atom. The Labute approximate surface area is 140 Å². The van der Waals surface area contributed by atoms with Crippen LogP contribution in [0, 0.1) is 0 Å². The summed E-state index contributed by atoms with van der Waals surface area (Å²) < 4.78 is 29.7. The molecule has 1 amide bonds. The van der Waals surface area contributed by atoms with Crippen molar-refractivity contribution in [1.82, 2.24) is 4.89 Å². The van der Waals surface area contributed by atoms with Gasteiger partial charge in [0.2, 0.25) is 5.91 Å². The third kappa shape index (κ3) is 3.50. The van der Waals surface area contributed by atoms with Crippen molar-refractivity contribution in [2.24, 2.45) is 0 Å². The predicted octanol–water partition coefficient (Wildman–Crippen LogP) is 1.64. The average molecular weight is 350 g/mol. The van der Waals surface area contributed by atoms with Gasteiger partial charge in [-0.25, -0.2) is 8.42 Å². The Bertz CT molecular complexity index is 830. The second-order valence-electron chi connectivity index (χ2n) is 5.54. The molecular weight excluding hydrogens is 332 g/mol. The molecule has 0 fully saturated rings. The first kappa shape index (κ1) is 16.7. The van der Waals surface area contributed by atoms with Gasteiger partial charge in [0, 0.05) is 19.2 Å². The van der Waals surface area contributed by atoms with E-state index in [4.69, 9.17) is 9.25 Å². The average Bonchev–Trinajstić information content (AvgIpc) is 3.16. The fourth-order valence-corrected chi connectivity index (χ4v) is 3.43. The zero-order valence-electron chi connectivity index (χ0n) is 13.2. The Kier molecular flexibility index (Phi) is 4.70. The van der Waals surface area contributed by atoms with Crippen LogP contribution >= 0.6 is 0 Å². The highest BCUT2D eigenvalue weighted by molar-refractivity contribution is 7.89. The van der Waals surface area contributed by atoms with E-state index >= 15 is 0 Å². The van der Waals surface area contributed by atoms with Crippen LogP contribution < -0.4 is 9.79 Å². The number of likely N-dealkylation sites (N-methyl/N-ethyl adjacent to an activating group) is 1. The van der Waals surface area contributed by atoms with Crippen LogP contribution in [0.15, 0.2) is 45.9 Å². The van der Waals surface area contributed by atoms with Crippen molar-refractivity contribution in [3.8, 4) is 0 Å². The molecule has 0 spiro atoms. The molecule has 0 atom stereocenters. The first-order valence-electron chi connectivity index (χ1n) is 7.53. The van der Waals surface area contributed by atoms with Crippen LogP contribution in [0.4, 0.5) is 5.69 Å². The summed E-state index contributed by atoms with van der Waals surface area (Å²) >= 11 is 0. The summed E-state index contributed by atoms with van der Waals surface area (Å²) in [5.41, 5.74) is 1.43. The minimum atomic E-state index is -3.78. The van der Waals surface area contributed by atoms with Crippen LogP contribution in [-0.4, -0.2) is 28.0 Å². The van der Waals surface area contributed by atoms with Gasteiger partial charge in [-0.2, -0.15) is 0 Å². The second-order valence-corrected chi connectivity index (χ2v) is 7.18.